The zero-order chi connectivity index (χ0) is 17.4. The Balaban J connectivity index is 1.88. The number of halogens is 2. The molecule has 1 heterocycles. The van der Waals surface area contributed by atoms with Gasteiger partial charge in [0, 0.05) is 21.4 Å². The third-order valence-electron chi connectivity index (χ3n) is 4.18. The molecule has 0 saturated heterocycles. The molecule has 3 aromatic rings. The predicted octanol–water partition coefficient (Wildman–Crippen LogP) is 5.76. The highest BCUT2D eigenvalue weighted by atomic mass is 35.5. The minimum absolute atomic E-state index is 0.0819. The molecule has 0 unspecified atom stereocenters. The number of carbonyl (C=O) groups excluding carboxylic acids is 1. The Hall–Kier alpha value is -2.49. The van der Waals surface area contributed by atoms with E-state index in [-0.39, 0.29) is 12.1 Å². The number of nitrogens with zero attached hydrogens (tertiary/aromatic N) is 1. The first-order valence-corrected chi connectivity index (χ1v) is 8.59. The maximum absolute atomic E-state index is 13.2. The SMILES string of the molecule is O=C1c2ccccc2N[C@@H](c2cccc(Cl)c2)N1c1cccc(Cl)c1. The predicted molar refractivity (Wildman–Crippen MR) is 103 cm³/mol. The van der Waals surface area contributed by atoms with Gasteiger partial charge in [-0.3, -0.25) is 9.69 Å². The lowest BCUT2D eigenvalue weighted by molar-refractivity contribution is 0.0975. The maximum atomic E-state index is 13.2. The van der Waals surface area contributed by atoms with Crippen molar-refractivity contribution in [3.63, 3.8) is 0 Å². The van der Waals surface area contributed by atoms with Crippen LogP contribution in [0.1, 0.15) is 22.1 Å². The Labute approximate surface area is 155 Å². The first-order valence-electron chi connectivity index (χ1n) is 7.83. The summed E-state index contributed by atoms with van der Waals surface area (Å²) in [5.41, 5.74) is 3.05. The van der Waals surface area contributed by atoms with Gasteiger partial charge in [0.1, 0.15) is 6.17 Å². The molecule has 0 fully saturated rings. The summed E-state index contributed by atoms with van der Waals surface area (Å²) >= 11 is 12.3. The molecule has 3 aromatic carbocycles. The van der Waals surface area contributed by atoms with Crippen LogP contribution in [0.2, 0.25) is 10.0 Å². The van der Waals surface area contributed by atoms with Crippen molar-refractivity contribution in [2.75, 3.05) is 10.2 Å². The van der Waals surface area contributed by atoms with Gasteiger partial charge in [0.15, 0.2) is 0 Å². The molecule has 1 amide bonds. The minimum Gasteiger partial charge on any atom is -0.360 e. The van der Waals surface area contributed by atoms with E-state index < -0.39 is 0 Å². The number of fused-ring (bicyclic) bond motifs is 1. The summed E-state index contributed by atoms with van der Waals surface area (Å²) in [6.07, 6.45) is -0.375. The van der Waals surface area contributed by atoms with Crippen LogP contribution >= 0.6 is 23.2 Å². The Bertz CT molecular complexity index is 958. The van der Waals surface area contributed by atoms with E-state index in [4.69, 9.17) is 23.2 Å². The molecular weight excluding hydrogens is 355 g/mol. The van der Waals surface area contributed by atoms with Crippen LogP contribution in [0.25, 0.3) is 0 Å². The van der Waals surface area contributed by atoms with Gasteiger partial charge in [0.2, 0.25) is 0 Å². The summed E-state index contributed by atoms with van der Waals surface area (Å²) in [4.78, 5) is 14.9. The van der Waals surface area contributed by atoms with Crippen LogP contribution in [0.15, 0.2) is 72.8 Å². The largest absolute Gasteiger partial charge is 0.360 e. The lowest BCUT2D eigenvalue weighted by Gasteiger charge is -2.38. The third kappa shape index (κ3) is 2.97. The van der Waals surface area contributed by atoms with Crippen LogP contribution in [0.3, 0.4) is 0 Å². The topological polar surface area (TPSA) is 32.3 Å². The van der Waals surface area contributed by atoms with E-state index in [1.54, 1.807) is 17.0 Å². The van der Waals surface area contributed by atoms with Gasteiger partial charge >= 0.3 is 0 Å². The summed E-state index contributed by atoms with van der Waals surface area (Å²) in [6, 6.07) is 22.3. The number of hydrogen-bond acceptors (Lipinski definition) is 2. The standard InChI is InChI=1S/C20H14Cl2N2O/c21-14-6-3-5-13(11-14)19-23-18-10-2-1-9-17(18)20(25)24(19)16-8-4-7-15(22)12-16/h1-12,19,23H/t19-/m1/s1. The van der Waals surface area contributed by atoms with Crippen molar-refractivity contribution in [3.8, 4) is 0 Å². The molecule has 1 aliphatic heterocycles. The van der Waals surface area contributed by atoms with Gasteiger partial charge in [-0.05, 0) is 48.0 Å². The fourth-order valence-corrected chi connectivity index (χ4v) is 3.44. The average molecular weight is 369 g/mol. The highest BCUT2D eigenvalue weighted by Gasteiger charge is 2.34. The fraction of sp³-hybridized carbons (Fsp3) is 0.0500. The first-order chi connectivity index (χ1) is 12.1. The van der Waals surface area contributed by atoms with E-state index in [9.17, 15) is 4.79 Å². The van der Waals surface area contributed by atoms with Crippen molar-refractivity contribution in [3.05, 3.63) is 94.0 Å². The molecule has 4 rings (SSSR count). The number of rotatable bonds is 2. The van der Waals surface area contributed by atoms with Crippen molar-refractivity contribution in [2.45, 2.75) is 6.17 Å². The van der Waals surface area contributed by atoms with Crippen molar-refractivity contribution < 1.29 is 4.79 Å². The smallest absolute Gasteiger partial charge is 0.262 e. The second kappa shape index (κ2) is 6.43. The lowest BCUT2D eigenvalue weighted by Crippen LogP contribution is -2.43. The zero-order valence-corrected chi connectivity index (χ0v) is 14.6. The second-order valence-electron chi connectivity index (χ2n) is 5.80. The minimum atomic E-state index is -0.375. The van der Waals surface area contributed by atoms with E-state index in [0.717, 1.165) is 16.9 Å². The van der Waals surface area contributed by atoms with Gasteiger partial charge in [-0.2, -0.15) is 0 Å². The molecule has 1 atom stereocenters. The van der Waals surface area contributed by atoms with Crippen LogP contribution in [0.5, 0.6) is 0 Å². The summed E-state index contributed by atoms with van der Waals surface area (Å²) in [6.45, 7) is 0. The Kier molecular flexibility index (Phi) is 4.12. The van der Waals surface area contributed by atoms with Crippen molar-refractivity contribution in [1.82, 2.24) is 0 Å². The van der Waals surface area contributed by atoms with Crippen LogP contribution in [0.4, 0.5) is 11.4 Å². The van der Waals surface area contributed by atoms with Gasteiger partial charge in [0.05, 0.1) is 5.56 Å². The summed E-state index contributed by atoms with van der Waals surface area (Å²) < 4.78 is 0. The summed E-state index contributed by atoms with van der Waals surface area (Å²) in [5, 5.41) is 4.64. The molecule has 0 saturated carbocycles. The van der Waals surface area contributed by atoms with Gasteiger partial charge in [-0.1, -0.05) is 53.5 Å². The molecule has 0 radical (unpaired) electrons. The molecule has 0 bridgehead atoms. The number of amides is 1. The van der Waals surface area contributed by atoms with Gasteiger partial charge < -0.3 is 5.32 Å². The molecule has 124 valence electrons. The molecule has 0 aliphatic carbocycles. The van der Waals surface area contributed by atoms with Gasteiger partial charge in [-0.15, -0.1) is 0 Å². The van der Waals surface area contributed by atoms with E-state index in [2.05, 4.69) is 5.32 Å². The van der Waals surface area contributed by atoms with E-state index >= 15 is 0 Å². The van der Waals surface area contributed by atoms with Crippen LogP contribution in [-0.4, -0.2) is 5.91 Å². The maximum Gasteiger partial charge on any atom is 0.262 e. The van der Waals surface area contributed by atoms with Crippen molar-refractivity contribution >= 4 is 40.5 Å². The molecule has 1 aliphatic rings. The fourth-order valence-electron chi connectivity index (χ4n) is 3.06. The Morgan fingerprint density at radius 1 is 0.840 bits per heavy atom. The quantitative estimate of drug-likeness (QED) is 0.623. The van der Waals surface area contributed by atoms with Crippen LogP contribution in [-0.2, 0) is 0 Å². The average Bonchev–Trinajstić information content (AvgIpc) is 2.61. The highest BCUT2D eigenvalue weighted by Crippen LogP contribution is 2.37. The number of benzene rings is 3. The number of hydrogen-bond donors (Lipinski definition) is 1. The molecule has 25 heavy (non-hydrogen) atoms. The second-order valence-corrected chi connectivity index (χ2v) is 6.68. The third-order valence-corrected chi connectivity index (χ3v) is 4.65. The lowest BCUT2D eigenvalue weighted by atomic mass is 10.0. The number of nitrogens with one attached hydrogen (secondary N) is 1. The molecule has 5 heteroatoms. The molecule has 0 aromatic heterocycles. The monoisotopic (exact) mass is 368 g/mol. The normalized spacial score (nSPS) is 16.3. The zero-order valence-electron chi connectivity index (χ0n) is 13.1. The molecule has 0 spiro atoms. The summed E-state index contributed by atoms with van der Waals surface area (Å²) in [5.74, 6) is -0.0819. The first kappa shape index (κ1) is 16.0. The van der Waals surface area contributed by atoms with Gasteiger partial charge in [-0.25, -0.2) is 0 Å². The highest BCUT2D eigenvalue weighted by molar-refractivity contribution is 6.31. The Morgan fingerprint density at radius 2 is 1.56 bits per heavy atom. The van der Waals surface area contributed by atoms with E-state index in [1.165, 1.54) is 0 Å². The van der Waals surface area contributed by atoms with Crippen molar-refractivity contribution in [2.24, 2.45) is 0 Å². The van der Waals surface area contributed by atoms with Crippen LogP contribution < -0.4 is 10.2 Å². The number of para-hydroxylation sites is 1. The van der Waals surface area contributed by atoms with Crippen molar-refractivity contribution in [1.29, 1.82) is 0 Å². The number of carbonyl (C=O) groups is 1. The Morgan fingerprint density at radius 3 is 2.32 bits per heavy atom. The van der Waals surface area contributed by atoms with E-state index in [1.807, 2.05) is 60.7 Å². The number of anilines is 2. The van der Waals surface area contributed by atoms with Gasteiger partial charge in [0.25, 0.3) is 5.91 Å². The van der Waals surface area contributed by atoms with E-state index in [0.29, 0.717) is 15.6 Å². The molecule has 1 N–H and O–H groups in total. The molecular formula is C20H14Cl2N2O. The molecule has 3 nitrogen and oxygen atoms in total. The van der Waals surface area contributed by atoms with Crippen LogP contribution in [0, 0.1) is 0 Å². The summed E-state index contributed by atoms with van der Waals surface area (Å²) in [7, 11) is 0.